The maximum atomic E-state index is 13.8. The van der Waals surface area contributed by atoms with Crippen LogP contribution in [0.5, 0.6) is 5.75 Å². The molecule has 1 atom stereocenters. The molecule has 5 heteroatoms. The molecule has 0 heterocycles. The second-order valence-corrected chi connectivity index (χ2v) is 8.83. The number of aryl methyl sites for hydroxylation is 1. The Balaban J connectivity index is 1.96. The fourth-order valence-corrected chi connectivity index (χ4v) is 4.10. The Bertz CT molecular complexity index is 1100. The zero-order valence-corrected chi connectivity index (χ0v) is 21.0. The van der Waals surface area contributed by atoms with Gasteiger partial charge in [-0.15, -0.1) is 0 Å². The molecule has 3 aromatic rings. The summed E-state index contributed by atoms with van der Waals surface area (Å²) in [6, 6.07) is 24.8. The van der Waals surface area contributed by atoms with Crippen molar-refractivity contribution < 1.29 is 14.3 Å². The average molecular weight is 473 g/mol. The minimum Gasteiger partial charge on any atom is -0.497 e. The van der Waals surface area contributed by atoms with E-state index in [0.717, 1.165) is 40.8 Å². The predicted octanol–water partition coefficient (Wildman–Crippen LogP) is 5.10. The minimum absolute atomic E-state index is 0.0753. The lowest BCUT2D eigenvalue weighted by atomic mass is 10.00. The molecule has 0 radical (unpaired) electrons. The molecule has 1 N–H and O–H groups in total. The summed E-state index contributed by atoms with van der Waals surface area (Å²) in [5.41, 5.74) is 3.97. The number of carbonyl (C=O) groups excluding carboxylic acids is 2. The summed E-state index contributed by atoms with van der Waals surface area (Å²) in [6.07, 6.45) is 2.58. The molecule has 2 amide bonds. The van der Waals surface area contributed by atoms with Crippen LogP contribution in [0.15, 0.2) is 78.9 Å². The second-order valence-electron chi connectivity index (χ2n) is 8.83. The summed E-state index contributed by atoms with van der Waals surface area (Å²) in [5.74, 6) is 0.526. The van der Waals surface area contributed by atoms with Gasteiger partial charge in [-0.2, -0.15) is 0 Å². The number of nitrogens with one attached hydrogen (secondary N) is 1. The molecule has 0 aliphatic rings. The molecule has 0 unspecified atom stereocenters. The fraction of sp³-hybridized carbons (Fsp3) is 0.333. The number of amides is 2. The molecule has 5 nitrogen and oxygen atoms in total. The number of hydrogen-bond donors (Lipinski definition) is 1. The van der Waals surface area contributed by atoms with Crippen LogP contribution < -0.4 is 10.1 Å². The molecule has 35 heavy (non-hydrogen) atoms. The topological polar surface area (TPSA) is 58.6 Å². The molecule has 0 saturated heterocycles. The van der Waals surface area contributed by atoms with Crippen LogP contribution in [0.2, 0.25) is 0 Å². The van der Waals surface area contributed by atoms with Gasteiger partial charge in [0.25, 0.3) is 0 Å². The lowest BCUT2D eigenvalue weighted by Crippen LogP contribution is -2.51. The van der Waals surface area contributed by atoms with Crippen LogP contribution >= 0.6 is 0 Å². The van der Waals surface area contributed by atoms with Gasteiger partial charge in [0.1, 0.15) is 11.8 Å². The summed E-state index contributed by atoms with van der Waals surface area (Å²) in [6.45, 7) is 5.02. The molecule has 0 aliphatic heterocycles. The number of unbranched alkanes of at least 4 members (excludes halogenated alkanes) is 1. The maximum Gasteiger partial charge on any atom is 0.243 e. The van der Waals surface area contributed by atoms with Gasteiger partial charge in [0.2, 0.25) is 11.8 Å². The van der Waals surface area contributed by atoms with E-state index in [0.29, 0.717) is 19.5 Å². The van der Waals surface area contributed by atoms with Crippen molar-refractivity contribution in [2.24, 2.45) is 0 Å². The first-order valence-corrected chi connectivity index (χ1v) is 12.3. The van der Waals surface area contributed by atoms with E-state index in [1.54, 1.807) is 12.0 Å². The van der Waals surface area contributed by atoms with Gasteiger partial charge < -0.3 is 15.0 Å². The van der Waals surface area contributed by atoms with Crippen molar-refractivity contribution in [2.45, 2.75) is 52.1 Å². The van der Waals surface area contributed by atoms with E-state index < -0.39 is 6.04 Å². The van der Waals surface area contributed by atoms with Crippen molar-refractivity contribution in [1.29, 1.82) is 0 Å². The van der Waals surface area contributed by atoms with Crippen molar-refractivity contribution in [3.05, 3.63) is 101 Å². The minimum atomic E-state index is -0.628. The van der Waals surface area contributed by atoms with E-state index in [-0.39, 0.29) is 18.2 Å². The monoisotopic (exact) mass is 472 g/mol. The Morgan fingerprint density at radius 1 is 0.943 bits per heavy atom. The molecule has 3 aromatic carbocycles. The van der Waals surface area contributed by atoms with Gasteiger partial charge >= 0.3 is 0 Å². The first kappa shape index (κ1) is 26.0. The highest BCUT2D eigenvalue weighted by Gasteiger charge is 2.30. The fourth-order valence-electron chi connectivity index (χ4n) is 4.10. The molecule has 0 saturated carbocycles. The Morgan fingerprint density at radius 3 is 2.37 bits per heavy atom. The molecule has 0 spiro atoms. The Hall–Kier alpha value is -3.60. The molecule has 3 rings (SSSR count). The Labute approximate surface area is 209 Å². The molecule has 184 valence electrons. The van der Waals surface area contributed by atoms with Crippen LogP contribution in [0.25, 0.3) is 0 Å². The van der Waals surface area contributed by atoms with Crippen LogP contribution in [0, 0.1) is 6.92 Å². The van der Waals surface area contributed by atoms with Gasteiger partial charge in [0.15, 0.2) is 0 Å². The standard InChI is InChI=1S/C30H36N2O3/c1-4-5-18-31-30(34)28(20-24-13-7-6-8-14-24)32(22-25-15-11-17-27(19-25)35-3)29(33)21-26-16-10-9-12-23(26)2/h6-17,19,28H,4-5,18,20-22H2,1-3H3,(H,31,34)/t28-/m1/s1. The molecule has 0 fully saturated rings. The van der Waals surface area contributed by atoms with Crippen LogP contribution in [-0.2, 0) is 29.0 Å². The maximum absolute atomic E-state index is 13.8. The van der Waals surface area contributed by atoms with E-state index in [1.165, 1.54) is 0 Å². The first-order valence-electron chi connectivity index (χ1n) is 12.3. The summed E-state index contributed by atoms with van der Waals surface area (Å²) < 4.78 is 5.39. The second kappa shape index (κ2) is 13.3. The van der Waals surface area contributed by atoms with E-state index >= 15 is 0 Å². The van der Waals surface area contributed by atoms with Crippen molar-refractivity contribution in [1.82, 2.24) is 10.2 Å². The van der Waals surface area contributed by atoms with Crippen molar-refractivity contribution in [2.75, 3.05) is 13.7 Å². The van der Waals surface area contributed by atoms with Crippen molar-refractivity contribution >= 4 is 11.8 Å². The predicted molar refractivity (Wildman–Crippen MR) is 140 cm³/mol. The van der Waals surface area contributed by atoms with Gasteiger partial charge in [-0.25, -0.2) is 0 Å². The van der Waals surface area contributed by atoms with Gasteiger partial charge in [-0.3, -0.25) is 9.59 Å². The zero-order chi connectivity index (χ0) is 25.0. The lowest BCUT2D eigenvalue weighted by Gasteiger charge is -2.32. The molecular weight excluding hydrogens is 436 g/mol. The molecule has 0 bridgehead atoms. The first-order chi connectivity index (χ1) is 17.0. The van der Waals surface area contributed by atoms with Gasteiger partial charge in [0, 0.05) is 19.5 Å². The number of methoxy groups -OCH3 is 1. The Kier molecular flexibility index (Phi) is 9.91. The van der Waals surface area contributed by atoms with Crippen LogP contribution in [0.3, 0.4) is 0 Å². The average Bonchev–Trinajstić information content (AvgIpc) is 2.88. The van der Waals surface area contributed by atoms with Crippen LogP contribution in [0.1, 0.15) is 42.0 Å². The summed E-state index contributed by atoms with van der Waals surface area (Å²) in [4.78, 5) is 29.0. The van der Waals surface area contributed by atoms with E-state index in [4.69, 9.17) is 4.74 Å². The van der Waals surface area contributed by atoms with Crippen LogP contribution in [-0.4, -0.2) is 36.4 Å². The number of hydrogen-bond acceptors (Lipinski definition) is 3. The zero-order valence-electron chi connectivity index (χ0n) is 21.0. The van der Waals surface area contributed by atoms with E-state index in [1.807, 2.05) is 85.8 Å². The molecular formula is C30H36N2O3. The third-order valence-electron chi connectivity index (χ3n) is 6.19. The summed E-state index contributed by atoms with van der Waals surface area (Å²) >= 11 is 0. The Morgan fingerprint density at radius 2 is 1.66 bits per heavy atom. The number of nitrogens with zero attached hydrogens (tertiary/aromatic N) is 1. The smallest absolute Gasteiger partial charge is 0.243 e. The largest absolute Gasteiger partial charge is 0.497 e. The van der Waals surface area contributed by atoms with Crippen molar-refractivity contribution in [3.8, 4) is 5.75 Å². The highest BCUT2D eigenvalue weighted by molar-refractivity contribution is 5.89. The molecule has 0 aromatic heterocycles. The quantitative estimate of drug-likeness (QED) is 0.373. The van der Waals surface area contributed by atoms with Crippen LogP contribution in [0.4, 0.5) is 0 Å². The van der Waals surface area contributed by atoms with E-state index in [9.17, 15) is 9.59 Å². The molecule has 0 aliphatic carbocycles. The number of benzene rings is 3. The lowest BCUT2D eigenvalue weighted by molar-refractivity contribution is -0.140. The van der Waals surface area contributed by atoms with Crippen molar-refractivity contribution in [3.63, 3.8) is 0 Å². The van der Waals surface area contributed by atoms with Gasteiger partial charge in [-0.05, 0) is 47.7 Å². The summed E-state index contributed by atoms with van der Waals surface area (Å²) in [5, 5.41) is 3.07. The van der Waals surface area contributed by atoms with Gasteiger partial charge in [0.05, 0.1) is 13.5 Å². The van der Waals surface area contributed by atoms with E-state index in [2.05, 4.69) is 12.2 Å². The highest BCUT2D eigenvalue weighted by Crippen LogP contribution is 2.20. The van der Waals surface area contributed by atoms with Gasteiger partial charge in [-0.1, -0.05) is 80.1 Å². The number of ether oxygens (including phenoxy) is 1. The SMILES string of the molecule is CCCCNC(=O)[C@@H](Cc1ccccc1)N(Cc1cccc(OC)c1)C(=O)Cc1ccccc1C. The third-order valence-corrected chi connectivity index (χ3v) is 6.19. The highest BCUT2D eigenvalue weighted by atomic mass is 16.5. The summed E-state index contributed by atoms with van der Waals surface area (Å²) in [7, 11) is 1.62. The normalized spacial score (nSPS) is 11.5. The number of rotatable bonds is 12. The number of carbonyl (C=O) groups is 2. The third kappa shape index (κ3) is 7.71.